The van der Waals surface area contributed by atoms with Crippen molar-refractivity contribution in [2.75, 3.05) is 38.1 Å². The Bertz CT molecular complexity index is 531. The molecular formula is C20H32N4O. The van der Waals surface area contributed by atoms with Crippen LogP contribution in [-0.4, -0.2) is 49.0 Å². The van der Waals surface area contributed by atoms with Gasteiger partial charge in [-0.25, -0.2) is 4.98 Å². The lowest BCUT2D eigenvalue weighted by atomic mass is 9.86. The van der Waals surface area contributed by atoms with Gasteiger partial charge in [0.2, 0.25) is 5.91 Å². The lowest BCUT2D eigenvalue weighted by Crippen LogP contribution is -2.44. The number of carbonyl (C=O) groups is 1. The van der Waals surface area contributed by atoms with Crippen molar-refractivity contribution >= 4 is 11.7 Å². The average molecular weight is 345 g/mol. The maximum absolute atomic E-state index is 12.1. The van der Waals surface area contributed by atoms with Crippen molar-refractivity contribution in [1.29, 1.82) is 0 Å². The summed E-state index contributed by atoms with van der Waals surface area (Å²) >= 11 is 0. The number of nitrogens with zero attached hydrogens (tertiary/aromatic N) is 3. The third-order valence-electron chi connectivity index (χ3n) is 5.63. The predicted molar refractivity (Wildman–Crippen MR) is 102 cm³/mol. The molecule has 0 unspecified atom stereocenters. The average Bonchev–Trinajstić information content (AvgIpc) is 2.67. The number of pyridine rings is 1. The number of aromatic nitrogens is 1. The van der Waals surface area contributed by atoms with E-state index < -0.39 is 0 Å². The van der Waals surface area contributed by atoms with Crippen molar-refractivity contribution in [2.45, 2.75) is 51.5 Å². The van der Waals surface area contributed by atoms with Crippen LogP contribution in [0.15, 0.2) is 18.3 Å². The number of likely N-dealkylation sites (N-methyl/N-ethyl adjacent to an activating group) is 1. The molecule has 0 radical (unpaired) electrons. The van der Waals surface area contributed by atoms with Gasteiger partial charge in [-0.3, -0.25) is 4.79 Å². The van der Waals surface area contributed by atoms with Crippen LogP contribution in [0.1, 0.15) is 50.5 Å². The fraction of sp³-hybridized carbons (Fsp3) is 0.700. The highest BCUT2D eigenvalue weighted by molar-refractivity contribution is 5.75. The summed E-state index contributed by atoms with van der Waals surface area (Å²) < 4.78 is 0. The fourth-order valence-electron chi connectivity index (χ4n) is 3.84. The first kappa shape index (κ1) is 18.2. The molecule has 2 fully saturated rings. The maximum Gasteiger partial charge on any atom is 0.220 e. The molecule has 1 N–H and O–H groups in total. The van der Waals surface area contributed by atoms with Gasteiger partial charge in [0.1, 0.15) is 5.82 Å². The molecule has 2 heterocycles. The highest BCUT2D eigenvalue weighted by atomic mass is 16.1. The molecule has 1 saturated carbocycles. The Morgan fingerprint density at radius 3 is 2.60 bits per heavy atom. The van der Waals surface area contributed by atoms with Gasteiger partial charge >= 0.3 is 0 Å². The zero-order valence-corrected chi connectivity index (χ0v) is 15.5. The van der Waals surface area contributed by atoms with Crippen LogP contribution >= 0.6 is 0 Å². The van der Waals surface area contributed by atoms with Gasteiger partial charge < -0.3 is 15.1 Å². The SMILES string of the molecule is CN1CCN(c2ccc(CNC(=O)CCC3CCCCC3)cn2)CC1. The van der Waals surface area contributed by atoms with E-state index in [0.29, 0.717) is 13.0 Å². The van der Waals surface area contributed by atoms with Gasteiger partial charge in [0.25, 0.3) is 0 Å². The summed E-state index contributed by atoms with van der Waals surface area (Å²) in [5.74, 6) is 1.98. The molecule has 0 spiro atoms. The third kappa shape index (κ3) is 5.70. The second-order valence-electron chi connectivity index (χ2n) is 7.63. The van der Waals surface area contributed by atoms with Gasteiger partial charge in [0, 0.05) is 45.3 Å². The second kappa shape index (κ2) is 9.18. The van der Waals surface area contributed by atoms with E-state index in [9.17, 15) is 4.79 Å². The number of rotatable bonds is 6. The van der Waals surface area contributed by atoms with E-state index in [1.807, 2.05) is 6.20 Å². The minimum Gasteiger partial charge on any atom is -0.354 e. The molecule has 25 heavy (non-hydrogen) atoms. The first-order valence-corrected chi connectivity index (χ1v) is 9.86. The summed E-state index contributed by atoms with van der Waals surface area (Å²) in [7, 11) is 2.16. The van der Waals surface area contributed by atoms with Gasteiger partial charge in [-0.1, -0.05) is 38.2 Å². The molecule has 2 aliphatic rings. The molecular weight excluding hydrogens is 312 g/mol. The van der Waals surface area contributed by atoms with Crippen molar-refractivity contribution in [3.05, 3.63) is 23.9 Å². The highest BCUT2D eigenvalue weighted by Gasteiger charge is 2.16. The van der Waals surface area contributed by atoms with E-state index in [2.05, 4.69) is 39.3 Å². The van der Waals surface area contributed by atoms with Gasteiger partial charge in [-0.15, -0.1) is 0 Å². The molecule has 138 valence electrons. The van der Waals surface area contributed by atoms with E-state index in [4.69, 9.17) is 0 Å². The van der Waals surface area contributed by atoms with Crippen LogP contribution in [-0.2, 0) is 11.3 Å². The zero-order valence-electron chi connectivity index (χ0n) is 15.5. The highest BCUT2D eigenvalue weighted by Crippen LogP contribution is 2.27. The molecule has 1 aromatic rings. The fourth-order valence-corrected chi connectivity index (χ4v) is 3.84. The molecule has 0 atom stereocenters. The summed E-state index contributed by atoms with van der Waals surface area (Å²) in [6.07, 6.45) is 10.3. The van der Waals surface area contributed by atoms with Gasteiger partial charge in [-0.2, -0.15) is 0 Å². The van der Waals surface area contributed by atoms with E-state index in [0.717, 1.165) is 49.9 Å². The van der Waals surface area contributed by atoms with Crippen molar-refractivity contribution in [3.63, 3.8) is 0 Å². The van der Waals surface area contributed by atoms with Crippen LogP contribution in [0.2, 0.25) is 0 Å². The molecule has 0 aromatic carbocycles. The molecule has 1 aliphatic carbocycles. The predicted octanol–water partition coefficient (Wildman–Crippen LogP) is 2.81. The molecule has 1 aliphatic heterocycles. The monoisotopic (exact) mass is 344 g/mol. The standard InChI is InChI=1S/C20H32N4O/c1-23-11-13-24(14-12-23)19-9-7-18(15-21-19)16-22-20(25)10-8-17-5-3-2-4-6-17/h7,9,15,17H,2-6,8,10-14,16H2,1H3,(H,22,25). The van der Waals surface area contributed by atoms with Crippen LogP contribution in [0.5, 0.6) is 0 Å². The molecule has 3 rings (SSSR count). The van der Waals surface area contributed by atoms with Crippen LogP contribution in [0.3, 0.4) is 0 Å². The Kier molecular flexibility index (Phi) is 6.68. The molecule has 0 bridgehead atoms. The number of piperazine rings is 1. The largest absolute Gasteiger partial charge is 0.354 e. The molecule has 1 saturated heterocycles. The number of amides is 1. The van der Waals surface area contributed by atoms with Crippen molar-refractivity contribution in [1.82, 2.24) is 15.2 Å². The number of nitrogens with one attached hydrogen (secondary N) is 1. The molecule has 5 nitrogen and oxygen atoms in total. The summed E-state index contributed by atoms with van der Waals surface area (Å²) in [6, 6.07) is 4.16. The first-order valence-electron chi connectivity index (χ1n) is 9.86. The van der Waals surface area contributed by atoms with Crippen LogP contribution in [0, 0.1) is 5.92 Å². The van der Waals surface area contributed by atoms with Crippen LogP contribution in [0.4, 0.5) is 5.82 Å². The normalized spacial score (nSPS) is 19.8. The number of hydrogen-bond donors (Lipinski definition) is 1. The number of carbonyl (C=O) groups excluding carboxylic acids is 1. The Hall–Kier alpha value is -1.62. The Labute approximate surface area is 151 Å². The van der Waals surface area contributed by atoms with Gasteiger partial charge in [0.05, 0.1) is 0 Å². The third-order valence-corrected chi connectivity index (χ3v) is 5.63. The van der Waals surface area contributed by atoms with E-state index in [1.165, 1.54) is 32.1 Å². The van der Waals surface area contributed by atoms with E-state index in [-0.39, 0.29) is 5.91 Å². The molecule has 5 heteroatoms. The lowest BCUT2D eigenvalue weighted by molar-refractivity contribution is -0.121. The number of hydrogen-bond acceptors (Lipinski definition) is 4. The van der Waals surface area contributed by atoms with Crippen molar-refractivity contribution < 1.29 is 4.79 Å². The summed E-state index contributed by atoms with van der Waals surface area (Å²) in [6.45, 7) is 4.81. The summed E-state index contributed by atoms with van der Waals surface area (Å²) in [5.41, 5.74) is 1.07. The zero-order chi connectivity index (χ0) is 17.5. The van der Waals surface area contributed by atoms with Crippen molar-refractivity contribution in [2.24, 2.45) is 5.92 Å². The molecule has 1 amide bonds. The quantitative estimate of drug-likeness (QED) is 0.862. The minimum absolute atomic E-state index is 0.175. The second-order valence-corrected chi connectivity index (χ2v) is 7.63. The van der Waals surface area contributed by atoms with Gasteiger partial charge in [-0.05, 0) is 31.0 Å². The smallest absolute Gasteiger partial charge is 0.220 e. The van der Waals surface area contributed by atoms with E-state index >= 15 is 0 Å². The van der Waals surface area contributed by atoms with Crippen LogP contribution < -0.4 is 10.2 Å². The lowest BCUT2D eigenvalue weighted by Gasteiger charge is -2.33. The Morgan fingerprint density at radius 1 is 1.16 bits per heavy atom. The topological polar surface area (TPSA) is 48.5 Å². The minimum atomic E-state index is 0.175. The number of anilines is 1. The summed E-state index contributed by atoms with van der Waals surface area (Å²) in [5, 5.41) is 3.04. The molecule has 1 aromatic heterocycles. The van der Waals surface area contributed by atoms with Gasteiger partial charge in [0.15, 0.2) is 0 Å². The van der Waals surface area contributed by atoms with E-state index in [1.54, 1.807) is 0 Å². The maximum atomic E-state index is 12.1. The van der Waals surface area contributed by atoms with Crippen molar-refractivity contribution in [3.8, 4) is 0 Å². The van der Waals surface area contributed by atoms with Crippen LogP contribution in [0.25, 0.3) is 0 Å². The summed E-state index contributed by atoms with van der Waals surface area (Å²) in [4.78, 5) is 21.3. The Morgan fingerprint density at radius 2 is 1.92 bits per heavy atom. The Balaban J connectivity index is 1.38. The first-order chi connectivity index (χ1) is 12.2.